The quantitative estimate of drug-likeness (QED) is 0.921. The lowest BCUT2D eigenvalue weighted by Crippen LogP contribution is -2.47. The molecule has 2 aliphatic heterocycles. The number of hydrogen-bond donors (Lipinski definition) is 1. The molecule has 1 amide bonds. The molecule has 1 atom stereocenters. The maximum atomic E-state index is 12.5. The Morgan fingerprint density at radius 2 is 1.91 bits per heavy atom. The van der Waals surface area contributed by atoms with Crippen molar-refractivity contribution in [1.82, 2.24) is 15.1 Å². The van der Waals surface area contributed by atoms with E-state index >= 15 is 0 Å². The molecule has 0 radical (unpaired) electrons. The van der Waals surface area contributed by atoms with Crippen LogP contribution in [0.5, 0.6) is 0 Å². The molecule has 4 heteroatoms. The second-order valence-corrected chi connectivity index (χ2v) is 6.71. The zero-order valence-corrected chi connectivity index (χ0v) is 13.6. The van der Waals surface area contributed by atoms with Crippen molar-refractivity contribution >= 4 is 5.91 Å². The Morgan fingerprint density at radius 3 is 2.55 bits per heavy atom. The smallest absolute Gasteiger partial charge is 0.253 e. The predicted octanol–water partition coefficient (Wildman–Crippen LogP) is 1.62. The number of amides is 1. The molecule has 120 valence electrons. The first-order valence-electron chi connectivity index (χ1n) is 8.50. The van der Waals surface area contributed by atoms with Crippen molar-refractivity contribution in [2.45, 2.75) is 19.3 Å². The highest BCUT2D eigenvalue weighted by Gasteiger charge is 2.20. The summed E-state index contributed by atoms with van der Waals surface area (Å²) in [5.41, 5.74) is 2.18. The van der Waals surface area contributed by atoms with Crippen LogP contribution in [0.25, 0.3) is 0 Å². The molecule has 0 bridgehead atoms. The molecule has 22 heavy (non-hydrogen) atoms. The molecule has 2 saturated heterocycles. The highest BCUT2D eigenvalue weighted by atomic mass is 16.2. The van der Waals surface area contributed by atoms with Gasteiger partial charge in [-0.25, -0.2) is 0 Å². The zero-order chi connectivity index (χ0) is 15.4. The van der Waals surface area contributed by atoms with Crippen molar-refractivity contribution in [3.05, 3.63) is 35.4 Å². The van der Waals surface area contributed by atoms with E-state index in [0.29, 0.717) is 0 Å². The molecule has 1 aromatic carbocycles. The number of nitrogens with zero attached hydrogens (tertiary/aromatic N) is 2. The average Bonchev–Trinajstić information content (AvgIpc) is 2.57. The average molecular weight is 301 g/mol. The van der Waals surface area contributed by atoms with Crippen molar-refractivity contribution in [3.8, 4) is 0 Å². The third kappa shape index (κ3) is 3.87. The number of hydrogen-bond acceptors (Lipinski definition) is 3. The molecule has 3 rings (SSSR count). The number of carbonyl (C=O) groups is 1. The first-order chi connectivity index (χ1) is 10.7. The van der Waals surface area contributed by atoms with E-state index in [9.17, 15) is 4.79 Å². The van der Waals surface area contributed by atoms with Gasteiger partial charge in [0.1, 0.15) is 0 Å². The number of nitrogens with one attached hydrogen (secondary N) is 1. The van der Waals surface area contributed by atoms with Gasteiger partial charge >= 0.3 is 0 Å². The molecule has 1 aromatic rings. The van der Waals surface area contributed by atoms with Crippen LogP contribution in [-0.2, 0) is 6.42 Å². The normalized spacial score (nSPS) is 23.5. The summed E-state index contributed by atoms with van der Waals surface area (Å²) in [5, 5.41) is 3.47. The van der Waals surface area contributed by atoms with Gasteiger partial charge in [0.25, 0.3) is 5.91 Å². The maximum Gasteiger partial charge on any atom is 0.253 e. The van der Waals surface area contributed by atoms with Crippen LogP contribution < -0.4 is 5.32 Å². The first kappa shape index (κ1) is 15.5. The fourth-order valence-electron chi connectivity index (χ4n) is 3.41. The highest BCUT2D eigenvalue weighted by molar-refractivity contribution is 5.94. The summed E-state index contributed by atoms with van der Waals surface area (Å²) >= 11 is 0. The Labute approximate surface area is 133 Å². The van der Waals surface area contributed by atoms with Gasteiger partial charge in [0, 0.05) is 31.7 Å². The molecule has 0 unspecified atom stereocenters. The Hall–Kier alpha value is -1.39. The monoisotopic (exact) mass is 301 g/mol. The van der Waals surface area contributed by atoms with E-state index in [2.05, 4.69) is 29.4 Å². The van der Waals surface area contributed by atoms with Gasteiger partial charge in [0.2, 0.25) is 0 Å². The summed E-state index contributed by atoms with van der Waals surface area (Å²) in [7, 11) is 2.11. The van der Waals surface area contributed by atoms with Crippen LogP contribution >= 0.6 is 0 Å². The summed E-state index contributed by atoms with van der Waals surface area (Å²) in [6.45, 7) is 5.91. The molecule has 1 N–H and O–H groups in total. The van der Waals surface area contributed by atoms with Crippen molar-refractivity contribution in [3.63, 3.8) is 0 Å². The van der Waals surface area contributed by atoms with E-state index in [0.717, 1.165) is 57.2 Å². The van der Waals surface area contributed by atoms with Gasteiger partial charge in [-0.1, -0.05) is 12.1 Å². The Balaban J connectivity index is 1.57. The van der Waals surface area contributed by atoms with Gasteiger partial charge in [-0.2, -0.15) is 0 Å². The van der Waals surface area contributed by atoms with Gasteiger partial charge < -0.3 is 15.1 Å². The molecule has 0 spiro atoms. The third-order valence-electron chi connectivity index (χ3n) is 4.91. The van der Waals surface area contributed by atoms with Crippen molar-refractivity contribution in [2.24, 2.45) is 5.92 Å². The lowest BCUT2D eigenvalue weighted by atomic mass is 9.92. The van der Waals surface area contributed by atoms with Gasteiger partial charge in [-0.3, -0.25) is 4.79 Å². The summed E-state index contributed by atoms with van der Waals surface area (Å²) in [6, 6.07) is 8.29. The number of rotatable bonds is 3. The zero-order valence-electron chi connectivity index (χ0n) is 13.6. The lowest BCUT2D eigenvalue weighted by Gasteiger charge is -2.32. The molecule has 0 aliphatic carbocycles. The minimum atomic E-state index is 0.180. The van der Waals surface area contributed by atoms with Crippen LogP contribution in [0, 0.1) is 5.92 Å². The minimum absolute atomic E-state index is 0.180. The van der Waals surface area contributed by atoms with E-state index in [1.807, 2.05) is 17.0 Å². The van der Waals surface area contributed by atoms with Crippen LogP contribution in [0.15, 0.2) is 24.3 Å². The number of piperazine rings is 1. The van der Waals surface area contributed by atoms with Crippen LogP contribution in [0.3, 0.4) is 0 Å². The fraction of sp³-hybridized carbons (Fsp3) is 0.611. The lowest BCUT2D eigenvalue weighted by molar-refractivity contribution is 0.0664. The minimum Gasteiger partial charge on any atom is -0.336 e. The number of carbonyl (C=O) groups excluding carboxylic acids is 1. The molecule has 4 nitrogen and oxygen atoms in total. The standard InChI is InChI=1S/C18H27N3O/c1-20-9-11-21(12-10-20)18(22)17-6-4-15(5-7-17)13-16-3-2-8-19-14-16/h4-7,16,19H,2-3,8-14H2,1H3/t16-/m1/s1. The van der Waals surface area contributed by atoms with E-state index in [-0.39, 0.29) is 5.91 Å². The van der Waals surface area contributed by atoms with E-state index in [1.165, 1.54) is 18.4 Å². The topological polar surface area (TPSA) is 35.6 Å². The van der Waals surface area contributed by atoms with Gasteiger partial charge in [-0.05, 0) is 63.0 Å². The SMILES string of the molecule is CN1CCN(C(=O)c2ccc(C[C@H]3CCCNC3)cc2)CC1. The number of benzene rings is 1. The summed E-state index contributed by atoms with van der Waals surface area (Å²) in [6.07, 6.45) is 3.72. The van der Waals surface area contributed by atoms with Crippen molar-refractivity contribution in [2.75, 3.05) is 46.3 Å². The van der Waals surface area contributed by atoms with Crippen LogP contribution in [-0.4, -0.2) is 62.0 Å². The van der Waals surface area contributed by atoms with Gasteiger partial charge in [0.05, 0.1) is 0 Å². The molecular formula is C18H27N3O. The molecule has 0 saturated carbocycles. The Kier molecular flexibility index (Phi) is 5.11. The van der Waals surface area contributed by atoms with E-state index in [4.69, 9.17) is 0 Å². The van der Waals surface area contributed by atoms with E-state index in [1.54, 1.807) is 0 Å². The second-order valence-electron chi connectivity index (χ2n) is 6.71. The van der Waals surface area contributed by atoms with Crippen LogP contribution in [0.4, 0.5) is 0 Å². The second kappa shape index (κ2) is 7.25. The largest absolute Gasteiger partial charge is 0.336 e. The fourth-order valence-corrected chi connectivity index (χ4v) is 3.41. The number of piperidine rings is 1. The maximum absolute atomic E-state index is 12.5. The molecule has 0 aromatic heterocycles. The van der Waals surface area contributed by atoms with Gasteiger partial charge in [-0.15, -0.1) is 0 Å². The van der Waals surface area contributed by atoms with E-state index < -0.39 is 0 Å². The Bertz CT molecular complexity index is 486. The van der Waals surface area contributed by atoms with Crippen molar-refractivity contribution in [1.29, 1.82) is 0 Å². The first-order valence-corrected chi connectivity index (χ1v) is 8.50. The predicted molar refractivity (Wildman–Crippen MR) is 89.1 cm³/mol. The number of likely N-dealkylation sites (N-methyl/N-ethyl adjacent to an activating group) is 1. The Morgan fingerprint density at radius 1 is 1.18 bits per heavy atom. The third-order valence-corrected chi connectivity index (χ3v) is 4.91. The highest BCUT2D eigenvalue weighted by Crippen LogP contribution is 2.17. The summed E-state index contributed by atoms with van der Waals surface area (Å²) in [5.74, 6) is 0.923. The summed E-state index contributed by atoms with van der Waals surface area (Å²) in [4.78, 5) is 16.7. The van der Waals surface area contributed by atoms with Crippen LogP contribution in [0.2, 0.25) is 0 Å². The van der Waals surface area contributed by atoms with Crippen molar-refractivity contribution < 1.29 is 4.79 Å². The molecule has 2 fully saturated rings. The van der Waals surface area contributed by atoms with Crippen LogP contribution in [0.1, 0.15) is 28.8 Å². The molecular weight excluding hydrogens is 274 g/mol. The van der Waals surface area contributed by atoms with Gasteiger partial charge in [0.15, 0.2) is 0 Å². The molecule has 2 aliphatic rings. The molecule has 2 heterocycles. The summed E-state index contributed by atoms with van der Waals surface area (Å²) < 4.78 is 0.